The first-order valence-electron chi connectivity index (χ1n) is 15.6. The van der Waals surface area contributed by atoms with Gasteiger partial charge in [-0.2, -0.15) is 0 Å². The van der Waals surface area contributed by atoms with Crippen LogP contribution in [0, 0.1) is 6.92 Å². The molecule has 0 aliphatic rings. The van der Waals surface area contributed by atoms with Crippen molar-refractivity contribution < 1.29 is 34.4 Å². The lowest BCUT2D eigenvalue weighted by molar-refractivity contribution is -0.139. The number of hydrogen-bond acceptors (Lipinski definition) is 5. The van der Waals surface area contributed by atoms with Crippen LogP contribution in [0.15, 0.2) is 103 Å². The number of carboxylic acid groups (broad SMARTS) is 2. The zero-order valence-corrected chi connectivity index (χ0v) is 26.2. The number of fused-ring (bicyclic) bond motifs is 2. The second kappa shape index (κ2) is 13.7. The number of carboxylic acids is 2. The third-order valence-electron chi connectivity index (χ3n) is 8.49. The summed E-state index contributed by atoms with van der Waals surface area (Å²) in [5, 5.41) is 34.8. The van der Waals surface area contributed by atoms with Crippen LogP contribution < -0.4 is 10.1 Å². The van der Waals surface area contributed by atoms with Gasteiger partial charge in [-0.05, 0) is 77.7 Å². The minimum absolute atomic E-state index is 0.0524. The fourth-order valence-electron chi connectivity index (χ4n) is 6.11. The monoisotopic (exact) mass is 642 g/mol. The fraction of sp³-hybridized carbons (Fsp3) is 0.154. The van der Waals surface area contributed by atoms with Gasteiger partial charge in [0.25, 0.3) is 5.91 Å². The van der Waals surface area contributed by atoms with Crippen molar-refractivity contribution in [1.29, 1.82) is 0 Å². The molecule has 242 valence electrons. The Bertz CT molecular complexity index is 2150. The Morgan fingerprint density at radius 3 is 2.31 bits per heavy atom. The van der Waals surface area contributed by atoms with E-state index in [9.17, 15) is 29.7 Å². The van der Waals surface area contributed by atoms with E-state index in [-0.39, 0.29) is 17.9 Å². The molecule has 1 aromatic heterocycles. The van der Waals surface area contributed by atoms with E-state index in [1.165, 1.54) is 12.1 Å². The topological polar surface area (TPSA) is 149 Å². The van der Waals surface area contributed by atoms with Gasteiger partial charge in [-0.25, -0.2) is 9.59 Å². The van der Waals surface area contributed by atoms with Gasteiger partial charge in [-0.3, -0.25) is 4.79 Å². The number of aliphatic carboxylic acids is 1. The average molecular weight is 643 g/mol. The standard InChI is InChI=1S/C39H34N2O7/c1-23-21-26(37(43)40-33(38(44)45)22-24-14-17-27(42)18-15-24)16-19-28(23)30-10-5-11-31-32(36(39(46)47)41-35(30)31)12-6-20-48-34-13-4-8-25-7-2-3-9-29(25)34/h2-5,7-11,13-19,21,33,41-42H,6,12,20,22H2,1H3,(H,40,43)(H,44,45)(H,46,47)/t33-/m0/s1. The molecule has 0 radical (unpaired) electrons. The van der Waals surface area contributed by atoms with Gasteiger partial charge >= 0.3 is 11.9 Å². The average Bonchev–Trinajstić information content (AvgIpc) is 3.46. The van der Waals surface area contributed by atoms with Gasteiger partial charge in [-0.15, -0.1) is 0 Å². The molecule has 5 aromatic carbocycles. The Morgan fingerprint density at radius 1 is 0.833 bits per heavy atom. The van der Waals surface area contributed by atoms with E-state index in [2.05, 4.69) is 10.3 Å². The molecule has 0 unspecified atom stereocenters. The van der Waals surface area contributed by atoms with E-state index in [1.54, 1.807) is 30.3 Å². The van der Waals surface area contributed by atoms with Crippen molar-refractivity contribution in [3.63, 3.8) is 0 Å². The highest BCUT2D eigenvalue weighted by molar-refractivity contribution is 6.04. The van der Waals surface area contributed by atoms with Crippen LogP contribution in [0.25, 0.3) is 32.8 Å². The van der Waals surface area contributed by atoms with E-state index in [1.807, 2.05) is 67.6 Å². The molecular weight excluding hydrogens is 608 g/mol. The Labute approximate surface area is 276 Å². The lowest BCUT2D eigenvalue weighted by atomic mass is 9.95. The molecule has 0 saturated carbocycles. The minimum atomic E-state index is -1.17. The molecule has 5 N–H and O–H groups in total. The maximum absolute atomic E-state index is 13.1. The number of amides is 1. The SMILES string of the molecule is Cc1cc(C(=O)N[C@@H](Cc2ccc(O)cc2)C(=O)O)ccc1-c1cccc2c(CCCOc3cccc4ccccc34)c(C(=O)O)[nH]c12. The molecule has 1 heterocycles. The number of aryl methyl sites for hydroxylation is 2. The maximum atomic E-state index is 13.1. The number of ether oxygens (including phenoxy) is 1. The van der Waals surface area contributed by atoms with E-state index < -0.39 is 23.9 Å². The number of nitrogens with one attached hydrogen (secondary N) is 2. The van der Waals surface area contributed by atoms with Crippen molar-refractivity contribution in [2.45, 2.75) is 32.2 Å². The number of H-pyrrole nitrogens is 1. The van der Waals surface area contributed by atoms with Crippen LogP contribution in [0.3, 0.4) is 0 Å². The molecule has 6 aromatic rings. The Hall–Kier alpha value is -6.09. The van der Waals surface area contributed by atoms with Crippen LogP contribution in [0.2, 0.25) is 0 Å². The van der Waals surface area contributed by atoms with Crippen molar-refractivity contribution in [3.8, 4) is 22.6 Å². The second-order valence-electron chi connectivity index (χ2n) is 11.7. The molecule has 0 saturated heterocycles. The van der Waals surface area contributed by atoms with Gasteiger partial charge in [0.2, 0.25) is 0 Å². The van der Waals surface area contributed by atoms with Crippen LogP contribution in [0.4, 0.5) is 0 Å². The van der Waals surface area contributed by atoms with Crippen molar-refractivity contribution in [2.24, 2.45) is 0 Å². The molecule has 0 aliphatic heterocycles. The van der Waals surface area contributed by atoms with Crippen LogP contribution in [0.5, 0.6) is 11.5 Å². The van der Waals surface area contributed by atoms with Gasteiger partial charge in [-0.1, -0.05) is 72.8 Å². The van der Waals surface area contributed by atoms with E-state index in [4.69, 9.17) is 4.74 Å². The molecule has 9 heteroatoms. The Kier molecular flexibility index (Phi) is 9.11. The van der Waals surface area contributed by atoms with Gasteiger partial charge < -0.3 is 30.4 Å². The molecule has 0 aliphatic carbocycles. The third-order valence-corrected chi connectivity index (χ3v) is 8.49. The molecule has 0 bridgehead atoms. The van der Waals surface area contributed by atoms with Crippen LogP contribution in [-0.4, -0.2) is 50.8 Å². The smallest absolute Gasteiger partial charge is 0.352 e. The zero-order valence-electron chi connectivity index (χ0n) is 26.2. The Balaban J connectivity index is 1.20. The number of aromatic hydroxyl groups is 1. The number of rotatable bonds is 12. The highest BCUT2D eigenvalue weighted by Crippen LogP contribution is 2.35. The number of hydrogen-bond donors (Lipinski definition) is 5. The molecule has 1 atom stereocenters. The van der Waals surface area contributed by atoms with Crippen LogP contribution in [0.1, 0.15) is 44.0 Å². The summed E-state index contributed by atoms with van der Waals surface area (Å²) in [6.45, 7) is 2.27. The third kappa shape index (κ3) is 6.71. The first-order chi connectivity index (χ1) is 23.2. The van der Waals surface area contributed by atoms with Gasteiger partial charge in [0.05, 0.1) is 12.1 Å². The molecule has 48 heavy (non-hydrogen) atoms. The van der Waals surface area contributed by atoms with Gasteiger partial charge in [0, 0.05) is 28.3 Å². The predicted octanol–water partition coefficient (Wildman–Crippen LogP) is 7.14. The molecule has 0 fully saturated rings. The number of phenols is 1. The molecule has 9 nitrogen and oxygen atoms in total. The summed E-state index contributed by atoms with van der Waals surface area (Å²) >= 11 is 0. The maximum Gasteiger partial charge on any atom is 0.352 e. The molecular formula is C39H34N2O7. The first kappa shape index (κ1) is 31.9. The second-order valence-corrected chi connectivity index (χ2v) is 11.7. The zero-order chi connectivity index (χ0) is 33.8. The predicted molar refractivity (Wildman–Crippen MR) is 184 cm³/mol. The summed E-state index contributed by atoms with van der Waals surface area (Å²) in [4.78, 5) is 40.5. The summed E-state index contributed by atoms with van der Waals surface area (Å²) in [5.74, 6) is -1.90. The number of aromatic nitrogens is 1. The van der Waals surface area contributed by atoms with Crippen molar-refractivity contribution in [3.05, 3.63) is 131 Å². The molecule has 0 spiro atoms. The Morgan fingerprint density at radius 2 is 1.56 bits per heavy atom. The number of benzene rings is 5. The largest absolute Gasteiger partial charge is 0.508 e. The van der Waals surface area contributed by atoms with Crippen molar-refractivity contribution >= 4 is 39.5 Å². The van der Waals surface area contributed by atoms with Crippen LogP contribution in [-0.2, 0) is 17.6 Å². The minimum Gasteiger partial charge on any atom is -0.508 e. The van der Waals surface area contributed by atoms with E-state index in [0.29, 0.717) is 41.7 Å². The number of aromatic carboxylic acids is 1. The number of carbonyl (C=O) groups excluding carboxylic acids is 1. The van der Waals surface area contributed by atoms with Crippen molar-refractivity contribution in [2.75, 3.05) is 6.61 Å². The van der Waals surface area contributed by atoms with Gasteiger partial charge in [0.1, 0.15) is 23.2 Å². The highest BCUT2D eigenvalue weighted by Gasteiger charge is 2.23. The number of para-hydroxylation sites is 1. The lowest BCUT2D eigenvalue weighted by Gasteiger charge is -2.16. The van der Waals surface area contributed by atoms with E-state index >= 15 is 0 Å². The number of aromatic amines is 1. The van der Waals surface area contributed by atoms with Crippen molar-refractivity contribution in [1.82, 2.24) is 10.3 Å². The normalized spacial score (nSPS) is 11.8. The van der Waals surface area contributed by atoms with E-state index in [0.717, 1.165) is 38.6 Å². The van der Waals surface area contributed by atoms with Gasteiger partial charge in [0.15, 0.2) is 0 Å². The molecule has 6 rings (SSSR count). The highest BCUT2D eigenvalue weighted by atomic mass is 16.5. The summed E-state index contributed by atoms with van der Waals surface area (Å²) in [6.07, 6.45) is 1.15. The fourth-order valence-corrected chi connectivity index (χ4v) is 6.11. The number of phenolic OH excluding ortho intramolecular Hbond substituents is 1. The molecule has 1 amide bonds. The number of carbonyl (C=O) groups is 3. The van der Waals surface area contributed by atoms with Crippen LogP contribution >= 0.6 is 0 Å². The first-order valence-corrected chi connectivity index (χ1v) is 15.6. The summed E-state index contributed by atoms with van der Waals surface area (Å²) in [5.41, 5.74) is 4.81. The lowest BCUT2D eigenvalue weighted by Crippen LogP contribution is -2.42. The summed E-state index contributed by atoms with van der Waals surface area (Å²) in [6, 6.07) is 29.7. The quantitative estimate of drug-likeness (QED) is 0.0891. The summed E-state index contributed by atoms with van der Waals surface area (Å²) < 4.78 is 6.11. The summed E-state index contributed by atoms with van der Waals surface area (Å²) in [7, 11) is 0.